The highest BCUT2D eigenvalue weighted by Crippen LogP contribution is 2.20. The molecule has 5 nitrogen and oxygen atoms in total. The van der Waals surface area contributed by atoms with E-state index in [9.17, 15) is 0 Å². The van der Waals surface area contributed by atoms with Crippen molar-refractivity contribution in [3.63, 3.8) is 0 Å². The van der Waals surface area contributed by atoms with Crippen LogP contribution in [-0.2, 0) is 0 Å². The van der Waals surface area contributed by atoms with Gasteiger partial charge in [-0.15, -0.1) is 0 Å². The Morgan fingerprint density at radius 3 is 2.84 bits per heavy atom. The molecule has 0 aromatic carbocycles. The van der Waals surface area contributed by atoms with E-state index >= 15 is 0 Å². The standard InChI is InChI=1S/C14H23N5/c1-10(2)12-8-13-14(16-6-7-19(13)18-12)17-9-11(3)4-5-15/h6-8,10-11H,4-5,9,15H2,1-3H3,(H,16,17). The number of nitrogens with one attached hydrogen (secondary N) is 1. The molecule has 0 bridgehead atoms. The first-order valence-corrected chi connectivity index (χ1v) is 6.90. The summed E-state index contributed by atoms with van der Waals surface area (Å²) in [5.74, 6) is 1.86. The molecule has 0 spiro atoms. The van der Waals surface area contributed by atoms with Gasteiger partial charge in [0, 0.05) is 18.9 Å². The normalized spacial score (nSPS) is 13.1. The van der Waals surface area contributed by atoms with E-state index in [1.165, 1.54) is 0 Å². The number of fused-ring (bicyclic) bond motifs is 1. The molecule has 0 radical (unpaired) electrons. The fourth-order valence-corrected chi connectivity index (χ4v) is 2.02. The first-order valence-electron chi connectivity index (χ1n) is 6.90. The van der Waals surface area contributed by atoms with E-state index < -0.39 is 0 Å². The lowest BCUT2D eigenvalue weighted by atomic mass is 10.1. The van der Waals surface area contributed by atoms with Gasteiger partial charge in [-0.25, -0.2) is 9.50 Å². The van der Waals surface area contributed by atoms with E-state index in [1.54, 1.807) is 6.20 Å². The van der Waals surface area contributed by atoms with Crippen LogP contribution in [0.2, 0.25) is 0 Å². The average Bonchev–Trinajstić information content (AvgIpc) is 2.81. The quantitative estimate of drug-likeness (QED) is 0.837. The third-order valence-corrected chi connectivity index (χ3v) is 3.28. The number of nitrogens with two attached hydrogens (primary N) is 1. The van der Waals surface area contributed by atoms with Crippen molar-refractivity contribution in [2.45, 2.75) is 33.1 Å². The molecule has 2 aromatic heterocycles. The highest BCUT2D eigenvalue weighted by molar-refractivity contribution is 5.67. The van der Waals surface area contributed by atoms with Crippen molar-refractivity contribution < 1.29 is 0 Å². The molecule has 0 aliphatic heterocycles. The molecule has 0 saturated heterocycles. The van der Waals surface area contributed by atoms with Crippen LogP contribution in [0, 0.1) is 5.92 Å². The third-order valence-electron chi connectivity index (χ3n) is 3.28. The lowest BCUT2D eigenvalue weighted by Crippen LogP contribution is -2.16. The zero-order valence-electron chi connectivity index (χ0n) is 11.9. The highest BCUT2D eigenvalue weighted by Gasteiger charge is 2.10. The molecule has 1 unspecified atom stereocenters. The van der Waals surface area contributed by atoms with E-state index in [0.29, 0.717) is 11.8 Å². The van der Waals surface area contributed by atoms with Gasteiger partial charge < -0.3 is 11.1 Å². The van der Waals surface area contributed by atoms with Gasteiger partial charge in [-0.3, -0.25) is 0 Å². The van der Waals surface area contributed by atoms with Gasteiger partial charge in [0.25, 0.3) is 0 Å². The van der Waals surface area contributed by atoms with Gasteiger partial charge in [0.1, 0.15) is 5.52 Å². The minimum atomic E-state index is 0.420. The van der Waals surface area contributed by atoms with Crippen LogP contribution in [0.5, 0.6) is 0 Å². The second-order valence-electron chi connectivity index (χ2n) is 5.39. The number of hydrogen-bond acceptors (Lipinski definition) is 4. The fraction of sp³-hybridized carbons (Fsp3) is 0.571. The first kappa shape index (κ1) is 13.8. The predicted molar refractivity (Wildman–Crippen MR) is 78.4 cm³/mol. The molecule has 2 rings (SSSR count). The van der Waals surface area contributed by atoms with E-state index in [4.69, 9.17) is 5.73 Å². The molecule has 0 aliphatic rings. The second kappa shape index (κ2) is 6.02. The van der Waals surface area contributed by atoms with Crippen molar-refractivity contribution in [1.82, 2.24) is 14.6 Å². The number of rotatable bonds is 6. The van der Waals surface area contributed by atoms with Crippen molar-refractivity contribution >= 4 is 11.3 Å². The van der Waals surface area contributed by atoms with E-state index in [0.717, 1.165) is 36.5 Å². The summed E-state index contributed by atoms with van der Waals surface area (Å²) in [4.78, 5) is 4.41. The molecule has 104 valence electrons. The van der Waals surface area contributed by atoms with E-state index in [-0.39, 0.29) is 0 Å². The van der Waals surface area contributed by atoms with Gasteiger partial charge in [0.05, 0.1) is 5.69 Å². The van der Waals surface area contributed by atoms with E-state index in [1.807, 2.05) is 10.7 Å². The maximum Gasteiger partial charge on any atom is 0.152 e. The molecular formula is C14H23N5. The Kier molecular flexibility index (Phi) is 4.37. The Morgan fingerprint density at radius 1 is 1.37 bits per heavy atom. The molecule has 0 fully saturated rings. The summed E-state index contributed by atoms with van der Waals surface area (Å²) >= 11 is 0. The van der Waals surface area contributed by atoms with Crippen LogP contribution in [0.3, 0.4) is 0 Å². The summed E-state index contributed by atoms with van der Waals surface area (Å²) in [6.07, 6.45) is 4.68. The third kappa shape index (κ3) is 3.23. The second-order valence-corrected chi connectivity index (χ2v) is 5.39. The van der Waals surface area contributed by atoms with Crippen LogP contribution in [0.4, 0.5) is 5.82 Å². The van der Waals surface area contributed by atoms with Crippen LogP contribution < -0.4 is 11.1 Å². The summed E-state index contributed by atoms with van der Waals surface area (Å²) in [6.45, 7) is 8.09. The maximum absolute atomic E-state index is 5.57. The minimum Gasteiger partial charge on any atom is -0.368 e. The number of aromatic nitrogens is 3. The summed E-state index contributed by atoms with van der Waals surface area (Å²) in [6, 6.07) is 2.10. The Labute approximate surface area is 114 Å². The van der Waals surface area contributed by atoms with Crippen LogP contribution in [0.15, 0.2) is 18.5 Å². The number of anilines is 1. The van der Waals surface area contributed by atoms with Crippen LogP contribution in [0.1, 0.15) is 38.8 Å². The zero-order chi connectivity index (χ0) is 13.8. The van der Waals surface area contributed by atoms with Crippen LogP contribution in [-0.4, -0.2) is 27.7 Å². The lowest BCUT2D eigenvalue weighted by Gasteiger charge is -2.12. The van der Waals surface area contributed by atoms with Gasteiger partial charge in [-0.1, -0.05) is 20.8 Å². The van der Waals surface area contributed by atoms with Crippen LogP contribution >= 0.6 is 0 Å². The van der Waals surface area contributed by atoms with Gasteiger partial charge >= 0.3 is 0 Å². The monoisotopic (exact) mass is 261 g/mol. The molecule has 2 heterocycles. The summed E-state index contributed by atoms with van der Waals surface area (Å²) in [5, 5.41) is 7.95. The van der Waals surface area contributed by atoms with Crippen molar-refractivity contribution in [1.29, 1.82) is 0 Å². The lowest BCUT2D eigenvalue weighted by molar-refractivity contribution is 0.567. The van der Waals surface area contributed by atoms with Gasteiger partial charge in [-0.05, 0) is 30.9 Å². The van der Waals surface area contributed by atoms with Gasteiger partial charge in [0.2, 0.25) is 0 Å². The molecule has 5 heteroatoms. The molecule has 2 aromatic rings. The number of nitrogens with zero attached hydrogens (tertiary/aromatic N) is 3. The maximum atomic E-state index is 5.57. The van der Waals surface area contributed by atoms with Crippen molar-refractivity contribution in [2.75, 3.05) is 18.4 Å². The van der Waals surface area contributed by atoms with Gasteiger partial charge in [0.15, 0.2) is 5.82 Å². The number of hydrogen-bond donors (Lipinski definition) is 2. The molecule has 3 N–H and O–H groups in total. The first-order chi connectivity index (χ1) is 9.11. The SMILES string of the molecule is CC(CCN)CNc1nccn2nc(C(C)C)cc12. The molecule has 0 amide bonds. The Bertz CT molecular complexity index is 532. The van der Waals surface area contributed by atoms with Crippen molar-refractivity contribution in [2.24, 2.45) is 11.7 Å². The molecule has 1 atom stereocenters. The Balaban J connectivity index is 2.18. The molecular weight excluding hydrogens is 238 g/mol. The summed E-state index contributed by atoms with van der Waals surface area (Å²) in [5.41, 5.74) is 7.69. The van der Waals surface area contributed by atoms with Crippen molar-refractivity contribution in [3.8, 4) is 0 Å². The average molecular weight is 261 g/mol. The Morgan fingerprint density at radius 2 is 2.16 bits per heavy atom. The minimum absolute atomic E-state index is 0.420. The smallest absolute Gasteiger partial charge is 0.152 e. The highest BCUT2D eigenvalue weighted by atomic mass is 15.2. The van der Waals surface area contributed by atoms with Crippen molar-refractivity contribution in [3.05, 3.63) is 24.2 Å². The van der Waals surface area contributed by atoms with E-state index in [2.05, 4.69) is 42.2 Å². The van der Waals surface area contributed by atoms with Gasteiger partial charge in [-0.2, -0.15) is 5.10 Å². The Hall–Kier alpha value is -1.62. The molecule has 0 aliphatic carbocycles. The predicted octanol–water partition coefficient (Wildman–Crippen LogP) is 2.25. The molecule has 0 saturated carbocycles. The summed E-state index contributed by atoms with van der Waals surface area (Å²) in [7, 11) is 0. The fourth-order valence-electron chi connectivity index (χ4n) is 2.02. The van der Waals surface area contributed by atoms with Crippen LogP contribution in [0.25, 0.3) is 5.52 Å². The largest absolute Gasteiger partial charge is 0.368 e. The molecule has 19 heavy (non-hydrogen) atoms. The zero-order valence-corrected chi connectivity index (χ0v) is 11.9. The summed E-state index contributed by atoms with van der Waals surface area (Å²) < 4.78 is 1.89. The topological polar surface area (TPSA) is 68.2 Å².